The van der Waals surface area contributed by atoms with Gasteiger partial charge < -0.3 is 15.0 Å². The van der Waals surface area contributed by atoms with Gasteiger partial charge in [-0.3, -0.25) is 4.98 Å². The summed E-state index contributed by atoms with van der Waals surface area (Å²) in [6.45, 7) is 1.49. The van der Waals surface area contributed by atoms with Gasteiger partial charge in [-0.25, -0.2) is 18.7 Å². The van der Waals surface area contributed by atoms with Crippen LogP contribution in [0.4, 0.5) is 20.4 Å². The van der Waals surface area contributed by atoms with Gasteiger partial charge in [-0.05, 0) is 36.6 Å². The molecule has 1 aliphatic heterocycles. The number of hydrogen-bond donors (Lipinski definition) is 1. The van der Waals surface area contributed by atoms with Gasteiger partial charge in [-0.2, -0.15) is 0 Å². The van der Waals surface area contributed by atoms with E-state index in [0.717, 1.165) is 36.2 Å². The lowest BCUT2D eigenvalue weighted by atomic mass is 10.1. The fraction of sp³-hybridized carbons (Fsp3) is 0.286. The molecule has 0 aliphatic carbocycles. The molecule has 0 saturated carbocycles. The van der Waals surface area contributed by atoms with Crippen molar-refractivity contribution in [2.24, 2.45) is 0 Å². The van der Waals surface area contributed by atoms with Gasteiger partial charge in [0, 0.05) is 37.5 Å². The first kappa shape index (κ1) is 19.0. The van der Waals surface area contributed by atoms with E-state index in [1.165, 1.54) is 6.07 Å². The predicted octanol–water partition coefficient (Wildman–Crippen LogP) is 3.72. The molecule has 0 radical (unpaired) electrons. The molecule has 0 fully saturated rings. The van der Waals surface area contributed by atoms with E-state index in [9.17, 15) is 8.78 Å². The van der Waals surface area contributed by atoms with Crippen LogP contribution in [-0.4, -0.2) is 28.6 Å². The normalized spacial score (nSPS) is 13.1. The van der Waals surface area contributed by atoms with Gasteiger partial charge in [-0.15, -0.1) is 0 Å². The Balaban J connectivity index is 1.51. The topological polar surface area (TPSA) is 63.2 Å². The number of aryl methyl sites for hydroxylation is 1. The van der Waals surface area contributed by atoms with Crippen molar-refractivity contribution in [3.63, 3.8) is 0 Å². The van der Waals surface area contributed by atoms with Crippen LogP contribution in [0.15, 0.2) is 42.7 Å². The van der Waals surface area contributed by atoms with Crippen molar-refractivity contribution in [1.82, 2.24) is 15.0 Å². The van der Waals surface area contributed by atoms with Gasteiger partial charge in [0.15, 0.2) is 5.82 Å². The molecule has 6 nitrogen and oxygen atoms in total. The number of hydrogen-bond acceptors (Lipinski definition) is 6. The Morgan fingerprint density at radius 3 is 2.83 bits per heavy atom. The first-order chi connectivity index (χ1) is 14.1. The zero-order chi connectivity index (χ0) is 20.2. The Morgan fingerprint density at radius 1 is 1.14 bits per heavy atom. The number of fused-ring (bicyclic) bond motifs is 1. The number of methoxy groups -OCH3 is 1. The van der Waals surface area contributed by atoms with Crippen LogP contribution < -0.4 is 15.0 Å². The standard InChI is InChI=1S/C21H21F2N5O/c1-29-20-7-4-14(11-26-20)10-25-19-12-24-18-3-2-8-28(21(18)27-19)13-15-9-16(22)5-6-17(15)23/h4-7,9,11-12H,2-3,8,10,13H2,1H3,(H,25,27). The van der Waals surface area contributed by atoms with Crippen molar-refractivity contribution < 1.29 is 13.5 Å². The molecule has 0 spiro atoms. The third-order valence-electron chi connectivity index (χ3n) is 4.82. The number of halogens is 2. The quantitative estimate of drug-likeness (QED) is 0.684. The molecule has 1 N–H and O–H groups in total. The SMILES string of the molecule is COc1ccc(CNc2cnc3c(n2)N(Cc2cc(F)ccc2F)CCC3)cn1. The predicted molar refractivity (Wildman–Crippen MR) is 106 cm³/mol. The molecular formula is C21H21F2N5O. The Morgan fingerprint density at radius 2 is 2.03 bits per heavy atom. The zero-order valence-corrected chi connectivity index (χ0v) is 16.0. The fourth-order valence-corrected chi connectivity index (χ4v) is 3.32. The van der Waals surface area contributed by atoms with Crippen molar-refractivity contribution in [3.8, 4) is 5.88 Å². The summed E-state index contributed by atoms with van der Waals surface area (Å²) in [4.78, 5) is 15.3. The summed E-state index contributed by atoms with van der Waals surface area (Å²) in [6.07, 6.45) is 5.13. The molecule has 0 bridgehead atoms. The molecule has 4 rings (SSSR count). The number of nitrogens with zero attached hydrogens (tertiary/aromatic N) is 4. The van der Waals surface area contributed by atoms with Crippen molar-refractivity contribution >= 4 is 11.6 Å². The van der Waals surface area contributed by atoms with Crippen LogP contribution in [0, 0.1) is 11.6 Å². The molecule has 1 aliphatic rings. The summed E-state index contributed by atoms with van der Waals surface area (Å²) >= 11 is 0. The highest BCUT2D eigenvalue weighted by Gasteiger charge is 2.21. The molecule has 0 saturated heterocycles. The molecule has 8 heteroatoms. The van der Waals surface area contributed by atoms with E-state index in [0.29, 0.717) is 36.2 Å². The molecule has 0 unspecified atom stereocenters. The summed E-state index contributed by atoms with van der Waals surface area (Å²) in [5, 5.41) is 3.24. The van der Waals surface area contributed by atoms with Crippen LogP contribution in [0.3, 0.4) is 0 Å². The Hall–Kier alpha value is -3.29. The van der Waals surface area contributed by atoms with Crippen molar-refractivity contribution in [2.75, 3.05) is 23.9 Å². The minimum absolute atomic E-state index is 0.247. The first-order valence-electron chi connectivity index (χ1n) is 9.40. The molecule has 1 aromatic carbocycles. The third-order valence-corrected chi connectivity index (χ3v) is 4.82. The lowest BCUT2D eigenvalue weighted by Gasteiger charge is -2.30. The maximum atomic E-state index is 14.1. The van der Waals surface area contributed by atoms with Gasteiger partial charge in [-0.1, -0.05) is 6.07 Å². The number of pyridine rings is 1. The summed E-state index contributed by atoms with van der Waals surface area (Å²) in [7, 11) is 1.57. The van der Waals surface area contributed by atoms with Crippen LogP contribution in [0.25, 0.3) is 0 Å². The van der Waals surface area contributed by atoms with Crippen LogP contribution in [0.5, 0.6) is 5.88 Å². The van der Waals surface area contributed by atoms with E-state index in [2.05, 4.69) is 20.3 Å². The largest absolute Gasteiger partial charge is 0.481 e. The molecule has 3 aromatic rings. The van der Waals surface area contributed by atoms with E-state index < -0.39 is 11.6 Å². The minimum Gasteiger partial charge on any atom is -0.481 e. The van der Waals surface area contributed by atoms with Crippen molar-refractivity contribution in [3.05, 3.63) is 71.2 Å². The maximum Gasteiger partial charge on any atom is 0.212 e. The highest BCUT2D eigenvalue weighted by Crippen LogP contribution is 2.27. The van der Waals surface area contributed by atoms with Gasteiger partial charge in [0.25, 0.3) is 0 Å². The van der Waals surface area contributed by atoms with Crippen molar-refractivity contribution in [1.29, 1.82) is 0 Å². The molecular weight excluding hydrogens is 376 g/mol. The lowest BCUT2D eigenvalue weighted by molar-refractivity contribution is 0.397. The molecule has 0 atom stereocenters. The Labute approximate surface area is 167 Å². The van der Waals surface area contributed by atoms with E-state index >= 15 is 0 Å². The monoisotopic (exact) mass is 397 g/mol. The number of benzene rings is 1. The fourth-order valence-electron chi connectivity index (χ4n) is 3.32. The van der Waals surface area contributed by atoms with Crippen molar-refractivity contribution in [2.45, 2.75) is 25.9 Å². The van der Waals surface area contributed by atoms with E-state index in [1.54, 1.807) is 25.6 Å². The zero-order valence-electron chi connectivity index (χ0n) is 16.0. The second kappa shape index (κ2) is 8.38. The van der Waals surface area contributed by atoms with E-state index in [-0.39, 0.29) is 6.54 Å². The summed E-state index contributed by atoms with van der Waals surface area (Å²) in [5.41, 5.74) is 2.15. The number of anilines is 2. The summed E-state index contributed by atoms with van der Waals surface area (Å²) in [5.74, 6) is 1.01. The minimum atomic E-state index is -0.451. The average Bonchev–Trinajstić information content (AvgIpc) is 2.75. The number of ether oxygens (including phenoxy) is 1. The molecule has 0 amide bonds. The Bertz CT molecular complexity index is 997. The van der Waals surface area contributed by atoms with Gasteiger partial charge in [0.05, 0.1) is 19.0 Å². The smallest absolute Gasteiger partial charge is 0.212 e. The maximum absolute atomic E-state index is 14.1. The highest BCUT2D eigenvalue weighted by molar-refractivity contribution is 5.51. The molecule has 150 valence electrons. The van der Waals surface area contributed by atoms with E-state index in [4.69, 9.17) is 4.74 Å². The average molecular weight is 397 g/mol. The Kier molecular flexibility index (Phi) is 5.50. The first-order valence-corrected chi connectivity index (χ1v) is 9.40. The molecule has 29 heavy (non-hydrogen) atoms. The van der Waals surface area contributed by atoms with Crippen LogP contribution in [0.1, 0.15) is 23.2 Å². The molecule has 2 aromatic heterocycles. The van der Waals surface area contributed by atoms with Crippen LogP contribution in [0.2, 0.25) is 0 Å². The van der Waals surface area contributed by atoms with Crippen LogP contribution >= 0.6 is 0 Å². The van der Waals surface area contributed by atoms with Gasteiger partial charge in [0.1, 0.15) is 17.5 Å². The number of nitrogens with one attached hydrogen (secondary N) is 1. The lowest BCUT2D eigenvalue weighted by Crippen LogP contribution is -2.31. The highest BCUT2D eigenvalue weighted by atomic mass is 19.1. The second-order valence-corrected chi connectivity index (χ2v) is 6.85. The van der Waals surface area contributed by atoms with Gasteiger partial charge in [0.2, 0.25) is 5.88 Å². The van der Waals surface area contributed by atoms with E-state index in [1.807, 2.05) is 11.0 Å². The summed E-state index contributed by atoms with van der Waals surface area (Å²) in [6, 6.07) is 7.23. The third kappa shape index (κ3) is 4.42. The number of rotatable bonds is 6. The number of aromatic nitrogens is 3. The van der Waals surface area contributed by atoms with Gasteiger partial charge >= 0.3 is 0 Å². The second-order valence-electron chi connectivity index (χ2n) is 6.85. The molecule has 3 heterocycles. The van der Waals surface area contributed by atoms with Crippen LogP contribution in [-0.2, 0) is 19.5 Å². The summed E-state index contributed by atoms with van der Waals surface area (Å²) < 4.78 is 32.7.